The molecule has 2 aromatic carbocycles. The summed E-state index contributed by atoms with van der Waals surface area (Å²) in [6.07, 6.45) is 0.177. The van der Waals surface area contributed by atoms with Gasteiger partial charge in [0.25, 0.3) is 0 Å². The van der Waals surface area contributed by atoms with Crippen LogP contribution in [0.25, 0.3) is 0 Å². The minimum atomic E-state index is -1.16. The summed E-state index contributed by atoms with van der Waals surface area (Å²) < 4.78 is 25.4. The molecule has 194 valence electrons. The fourth-order valence-corrected chi connectivity index (χ4v) is 6.24. The van der Waals surface area contributed by atoms with Gasteiger partial charge >= 0.3 is 11.9 Å². The molecule has 38 heavy (non-hydrogen) atoms. The molecule has 1 aliphatic carbocycles. The SMILES string of the molecule is COC(=O)C1=C(N)N(c2ccccc2F)C2=C(C(=O)[C@H](C(=O)OC)[C@@H](c3ccccc3)C2)[C@@H]1c1cccs1. The van der Waals surface area contributed by atoms with Crippen molar-refractivity contribution in [3.8, 4) is 0 Å². The summed E-state index contributed by atoms with van der Waals surface area (Å²) in [4.78, 5) is 42.8. The zero-order valence-electron chi connectivity index (χ0n) is 20.7. The molecule has 0 saturated heterocycles. The van der Waals surface area contributed by atoms with Crippen LogP contribution in [-0.2, 0) is 23.9 Å². The first kappa shape index (κ1) is 25.4. The third-order valence-corrected chi connectivity index (χ3v) is 7.98. The number of ketones is 1. The molecule has 3 atom stereocenters. The molecule has 3 aromatic rings. The molecule has 0 bridgehead atoms. The van der Waals surface area contributed by atoms with Crippen molar-refractivity contribution in [3.05, 3.63) is 111 Å². The van der Waals surface area contributed by atoms with Crippen LogP contribution in [0.4, 0.5) is 10.1 Å². The van der Waals surface area contributed by atoms with Gasteiger partial charge in [0.15, 0.2) is 5.78 Å². The van der Waals surface area contributed by atoms with E-state index in [-0.39, 0.29) is 29.1 Å². The van der Waals surface area contributed by atoms with Crippen molar-refractivity contribution < 1.29 is 28.2 Å². The Bertz CT molecular complexity index is 1470. The Hall–Kier alpha value is -4.24. The van der Waals surface area contributed by atoms with Gasteiger partial charge in [0.05, 0.1) is 31.4 Å². The molecular weight excluding hydrogens is 507 g/mol. The summed E-state index contributed by atoms with van der Waals surface area (Å²) in [5.74, 6) is -5.20. The van der Waals surface area contributed by atoms with E-state index in [9.17, 15) is 14.4 Å². The molecule has 1 aromatic heterocycles. The van der Waals surface area contributed by atoms with Crippen LogP contribution >= 0.6 is 11.3 Å². The van der Waals surface area contributed by atoms with Crippen LogP contribution in [0.1, 0.15) is 28.7 Å². The first-order valence-electron chi connectivity index (χ1n) is 11.9. The molecule has 2 N–H and O–H groups in total. The van der Waals surface area contributed by atoms with E-state index < -0.39 is 41.3 Å². The maximum absolute atomic E-state index is 15.2. The number of anilines is 1. The number of methoxy groups -OCH3 is 2. The maximum Gasteiger partial charge on any atom is 0.338 e. The van der Waals surface area contributed by atoms with Crippen molar-refractivity contribution in [1.82, 2.24) is 0 Å². The van der Waals surface area contributed by atoms with Crippen molar-refractivity contribution >= 4 is 34.7 Å². The number of carbonyl (C=O) groups is 3. The number of nitrogens with zero attached hydrogens (tertiary/aromatic N) is 1. The summed E-state index contributed by atoms with van der Waals surface area (Å²) in [6.45, 7) is 0. The molecule has 0 unspecified atom stereocenters. The first-order valence-corrected chi connectivity index (χ1v) is 12.8. The number of carbonyl (C=O) groups excluding carboxylic acids is 3. The van der Waals surface area contributed by atoms with E-state index >= 15 is 4.39 Å². The Morgan fingerprint density at radius 3 is 2.34 bits per heavy atom. The second-order valence-corrected chi connectivity index (χ2v) is 9.95. The van der Waals surface area contributed by atoms with E-state index in [0.29, 0.717) is 10.6 Å². The highest BCUT2D eigenvalue weighted by Crippen LogP contribution is 2.52. The molecule has 0 radical (unpaired) electrons. The number of halogens is 1. The molecule has 1 aliphatic heterocycles. The second kappa shape index (κ2) is 10.3. The molecule has 0 spiro atoms. The van der Waals surface area contributed by atoms with Crippen LogP contribution < -0.4 is 10.6 Å². The maximum atomic E-state index is 15.2. The molecule has 2 aliphatic rings. The number of thiophene rings is 1. The van der Waals surface area contributed by atoms with Crippen molar-refractivity contribution in [1.29, 1.82) is 0 Å². The van der Waals surface area contributed by atoms with E-state index in [1.54, 1.807) is 24.3 Å². The van der Waals surface area contributed by atoms with Crippen molar-refractivity contribution in [2.45, 2.75) is 18.3 Å². The van der Waals surface area contributed by atoms with Gasteiger partial charge in [-0.2, -0.15) is 0 Å². The minimum Gasteiger partial charge on any atom is -0.468 e. The van der Waals surface area contributed by atoms with E-state index in [1.165, 1.54) is 42.6 Å². The third-order valence-electron chi connectivity index (χ3n) is 7.05. The Kier molecular flexibility index (Phi) is 6.86. The van der Waals surface area contributed by atoms with Gasteiger partial charge in [-0.05, 0) is 35.6 Å². The highest BCUT2D eigenvalue weighted by molar-refractivity contribution is 7.10. The molecule has 0 saturated carbocycles. The molecule has 5 rings (SSSR count). The number of nitrogens with two attached hydrogens (primary N) is 1. The van der Waals surface area contributed by atoms with Crippen LogP contribution in [0.15, 0.2) is 94.8 Å². The summed E-state index contributed by atoms with van der Waals surface area (Å²) in [5.41, 5.74) is 8.13. The number of rotatable bonds is 5. The zero-order valence-corrected chi connectivity index (χ0v) is 21.5. The lowest BCUT2D eigenvalue weighted by Gasteiger charge is -2.43. The van der Waals surface area contributed by atoms with Gasteiger partial charge in [-0.15, -0.1) is 11.3 Å². The van der Waals surface area contributed by atoms with Crippen LogP contribution in [0.5, 0.6) is 0 Å². The smallest absolute Gasteiger partial charge is 0.338 e. The second-order valence-electron chi connectivity index (χ2n) is 8.97. The van der Waals surface area contributed by atoms with Gasteiger partial charge in [0.2, 0.25) is 0 Å². The number of ether oxygens (including phenoxy) is 2. The lowest BCUT2D eigenvalue weighted by Crippen LogP contribution is -2.46. The van der Waals surface area contributed by atoms with E-state index in [2.05, 4.69) is 0 Å². The number of hydrogen-bond donors (Lipinski definition) is 1. The first-order chi connectivity index (χ1) is 18.4. The minimum absolute atomic E-state index is 0.00656. The predicted octanol–water partition coefficient (Wildman–Crippen LogP) is 4.63. The van der Waals surface area contributed by atoms with Gasteiger partial charge in [-0.25, -0.2) is 9.18 Å². The number of para-hydroxylation sites is 1. The Balaban J connectivity index is 1.83. The fourth-order valence-electron chi connectivity index (χ4n) is 5.40. The van der Waals surface area contributed by atoms with Crippen LogP contribution in [-0.4, -0.2) is 31.9 Å². The van der Waals surface area contributed by atoms with Crippen LogP contribution in [0.2, 0.25) is 0 Å². The highest BCUT2D eigenvalue weighted by atomic mass is 32.1. The summed E-state index contributed by atoms with van der Waals surface area (Å²) in [6, 6.07) is 18.8. The summed E-state index contributed by atoms with van der Waals surface area (Å²) in [7, 11) is 2.46. The third kappa shape index (κ3) is 4.09. The molecular formula is C29H25FN2O5S. The summed E-state index contributed by atoms with van der Waals surface area (Å²) in [5, 5.41) is 1.82. The van der Waals surface area contributed by atoms with Gasteiger partial charge in [0, 0.05) is 22.1 Å². The van der Waals surface area contributed by atoms with Gasteiger partial charge in [-0.3, -0.25) is 14.5 Å². The van der Waals surface area contributed by atoms with Crippen LogP contribution in [0.3, 0.4) is 0 Å². The average Bonchev–Trinajstić information content (AvgIpc) is 3.47. The lowest BCUT2D eigenvalue weighted by atomic mass is 9.68. The number of benzene rings is 2. The van der Waals surface area contributed by atoms with Gasteiger partial charge < -0.3 is 15.2 Å². The van der Waals surface area contributed by atoms with E-state index in [4.69, 9.17) is 15.2 Å². The Morgan fingerprint density at radius 2 is 1.71 bits per heavy atom. The monoisotopic (exact) mass is 532 g/mol. The molecule has 0 fully saturated rings. The number of esters is 2. The van der Waals surface area contributed by atoms with Crippen molar-refractivity contribution in [2.75, 3.05) is 19.1 Å². The largest absolute Gasteiger partial charge is 0.468 e. The predicted molar refractivity (Wildman–Crippen MR) is 141 cm³/mol. The van der Waals surface area contributed by atoms with Gasteiger partial charge in [-0.1, -0.05) is 48.5 Å². The standard InChI is InChI=1S/C29H25FN2O5S/c1-36-28(34)22-17(16-9-4-3-5-10-16)15-20-23(26(22)33)24(21-13-8-14-38-21)25(29(35)37-2)27(31)32(20)19-12-7-6-11-18(19)30/h3-14,17,22,24H,15,31H2,1-2H3/t17-,22-,24+/m1/s1. The number of Topliss-reactive ketones (excluding diaryl/α,β-unsaturated/α-hetero) is 1. The average molecular weight is 533 g/mol. The summed E-state index contributed by atoms with van der Waals surface area (Å²) >= 11 is 1.34. The zero-order chi connectivity index (χ0) is 27.0. The normalized spacial score (nSPS) is 21.3. The van der Waals surface area contributed by atoms with Gasteiger partial charge in [0.1, 0.15) is 17.6 Å². The Morgan fingerprint density at radius 1 is 1.00 bits per heavy atom. The lowest BCUT2D eigenvalue weighted by molar-refractivity contribution is -0.150. The number of allylic oxidation sites excluding steroid dienone is 2. The topological polar surface area (TPSA) is 98.9 Å². The fraction of sp³-hybridized carbons (Fsp3) is 0.207. The molecule has 7 nitrogen and oxygen atoms in total. The van der Waals surface area contributed by atoms with Crippen LogP contribution in [0, 0.1) is 11.7 Å². The van der Waals surface area contributed by atoms with Crippen molar-refractivity contribution in [3.63, 3.8) is 0 Å². The van der Waals surface area contributed by atoms with E-state index in [1.807, 2.05) is 35.7 Å². The Labute approximate surface area is 223 Å². The molecule has 2 heterocycles. The molecule has 9 heteroatoms. The highest BCUT2D eigenvalue weighted by Gasteiger charge is 2.51. The van der Waals surface area contributed by atoms with Crippen molar-refractivity contribution in [2.24, 2.45) is 11.7 Å². The van der Waals surface area contributed by atoms with E-state index in [0.717, 1.165) is 5.56 Å². The quantitative estimate of drug-likeness (QED) is 0.378. The number of hydrogen-bond acceptors (Lipinski definition) is 8. The molecule has 0 amide bonds.